The van der Waals surface area contributed by atoms with Crippen LogP contribution in [0.15, 0.2) is 7.57 Å². The van der Waals surface area contributed by atoms with Crippen molar-refractivity contribution in [1.82, 2.24) is 9.97 Å². The predicted molar refractivity (Wildman–Crippen MR) is 133 cm³/mol. The summed E-state index contributed by atoms with van der Waals surface area (Å²) in [6, 6.07) is 0. The number of aryl methyl sites for hydroxylation is 1. The van der Waals surface area contributed by atoms with E-state index in [0.29, 0.717) is 5.88 Å². The second kappa shape index (κ2) is 14.7. The molecule has 0 unspecified atom stereocenters. The maximum Gasteiger partial charge on any atom is 0.236 e. The Morgan fingerprint density at radius 3 is 1.66 bits per heavy atom. The van der Waals surface area contributed by atoms with Crippen LogP contribution in [0.1, 0.15) is 103 Å². The summed E-state index contributed by atoms with van der Waals surface area (Å²) in [5, 5.41) is 0. The number of fused-ring (bicyclic) bond motifs is 1. The highest BCUT2D eigenvalue weighted by Crippen LogP contribution is 2.38. The highest BCUT2D eigenvalue weighted by atomic mass is 79.9. The van der Waals surface area contributed by atoms with Gasteiger partial charge in [0, 0.05) is 0 Å². The van der Waals surface area contributed by atoms with Crippen LogP contribution in [0, 0.1) is 6.92 Å². The van der Waals surface area contributed by atoms with Crippen LogP contribution in [-0.2, 0) is 0 Å². The summed E-state index contributed by atoms with van der Waals surface area (Å²) < 4.78 is 7.91. The SMILES string of the molecule is CCCCCCCCCCCCCCCCOc1nc2c(Br)sc(Br)c2nc1C. The van der Waals surface area contributed by atoms with Gasteiger partial charge >= 0.3 is 0 Å². The number of aromatic nitrogens is 2. The molecule has 2 rings (SSSR count). The minimum atomic E-state index is 0.665. The summed E-state index contributed by atoms with van der Waals surface area (Å²) in [6.45, 7) is 4.97. The molecule has 0 atom stereocenters. The zero-order valence-electron chi connectivity index (χ0n) is 18.1. The third-order valence-electron chi connectivity index (χ3n) is 5.31. The van der Waals surface area contributed by atoms with Crippen LogP contribution in [0.2, 0.25) is 0 Å². The molecule has 164 valence electrons. The Balaban J connectivity index is 1.47. The fourth-order valence-electron chi connectivity index (χ4n) is 3.56. The molecule has 0 fully saturated rings. The van der Waals surface area contributed by atoms with E-state index in [1.54, 1.807) is 11.3 Å². The molecule has 0 amide bonds. The first-order valence-electron chi connectivity index (χ1n) is 11.4. The van der Waals surface area contributed by atoms with Crippen LogP contribution in [0.5, 0.6) is 5.88 Å². The van der Waals surface area contributed by atoms with Crippen molar-refractivity contribution in [2.45, 2.75) is 104 Å². The fourth-order valence-corrected chi connectivity index (χ4v) is 6.37. The number of hydrogen-bond acceptors (Lipinski definition) is 4. The van der Waals surface area contributed by atoms with E-state index in [9.17, 15) is 0 Å². The molecule has 0 aliphatic carbocycles. The highest BCUT2D eigenvalue weighted by Gasteiger charge is 2.14. The summed E-state index contributed by atoms with van der Waals surface area (Å²) in [7, 11) is 0. The van der Waals surface area contributed by atoms with Crippen LogP contribution in [0.25, 0.3) is 11.0 Å². The number of thiophene rings is 1. The molecule has 0 saturated carbocycles. The van der Waals surface area contributed by atoms with E-state index in [1.807, 2.05) is 6.92 Å². The molecule has 0 aliphatic heterocycles. The van der Waals surface area contributed by atoms with E-state index in [0.717, 1.165) is 37.3 Å². The number of rotatable bonds is 16. The van der Waals surface area contributed by atoms with Crippen molar-refractivity contribution >= 4 is 54.2 Å². The largest absolute Gasteiger partial charge is 0.476 e. The maximum absolute atomic E-state index is 5.91. The maximum atomic E-state index is 5.91. The van der Waals surface area contributed by atoms with E-state index in [2.05, 4.69) is 48.8 Å². The molecule has 2 aromatic heterocycles. The summed E-state index contributed by atoms with van der Waals surface area (Å²) >= 11 is 8.70. The Bertz CT molecular complexity index is 720. The van der Waals surface area contributed by atoms with E-state index < -0.39 is 0 Å². The standard InChI is InChI=1S/C23H36Br2N2OS/c1-3-4-5-6-7-8-9-10-11-12-13-14-15-16-17-28-23-18(2)26-19-20(27-23)22(25)29-21(19)24/h3-17H2,1-2H3. The molecular weight excluding hydrogens is 512 g/mol. The van der Waals surface area contributed by atoms with Gasteiger partial charge in [0.25, 0.3) is 0 Å². The van der Waals surface area contributed by atoms with E-state index in [1.165, 1.54) is 83.5 Å². The average molecular weight is 548 g/mol. The van der Waals surface area contributed by atoms with Gasteiger partial charge < -0.3 is 4.74 Å². The lowest BCUT2D eigenvalue weighted by atomic mass is 10.0. The summed E-state index contributed by atoms with van der Waals surface area (Å²) in [6.07, 6.45) is 19.2. The quantitative estimate of drug-likeness (QED) is 0.196. The van der Waals surface area contributed by atoms with Crippen LogP contribution >= 0.6 is 43.2 Å². The Hall–Kier alpha value is -0.200. The number of halogens is 2. The van der Waals surface area contributed by atoms with Gasteiger partial charge in [0.2, 0.25) is 5.88 Å². The van der Waals surface area contributed by atoms with Gasteiger partial charge in [-0.2, -0.15) is 0 Å². The minimum Gasteiger partial charge on any atom is -0.476 e. The topological polar surface area (TPSA) is 35.0 Å². The first kappa shape index (κ1) is 25.1. The Morgan fingerprint density at radius 1 is 0.690 bits per heavy atom. The van der Waals surface area contributed by atoms with Crippen LogP contribution in [-0.4, -0.2) is 16.6 Å². The molecule has 0 spiro atoms. The third kappa shape index (κ3) is 9.22. The van der Waals surface area contributed by atoms with Gasteiger partial charge in [-0.15, -0.1) is 11.3 Å². The molecule has 3 nitrogen and oxygen atoms in total. The smallest absolute Gasteiger partial charge is 0.236 e. The lowest BCUT2D eigenvalue weighted by molar-refractivity contribution is 0.290. The van der Waals surface area contributed by atoms with E-state index in [-0.39, 0.29) is 0 Å². The first-order chi connectivity index (χ1) is 14.1. The lowest BCUT2D eigenvalue weighted by Gasteiger charge is -2.08. The molecule has 2 aromatic rings. The Labute approximate surface area is 197 Å². The van der Waals surface area contributed by atoms with E-state index in [4.69, 9.17) is 4.74 Å². The number of ether oxygens (including phenoxy) is 1. The number of hydrogen-bond donors (Lipinski definition) is 0. The first-order valence-corrected chi connectivity index (χ1v) is 13.8. The van der Waals surface area contributed by atoms with Gasteiger partial charge in [0.05, 0.1) is 14.2 Å². The molecule has 0 N–H and O–H groups in total. The molecule has 0 bridgehead atoms. The number of nitrogens with zero attached hydrogens (tertiary/aromatic N) is 2. The zero-order chi connectivity index (χ0) is 20.9. The van der Waals surface area contributed by atoms with Crippen molar-refractivity contribution in [3.63, 3.8) is 0 Å². The molecule has 29 heavy (non-hydrogen) atoms. The van der Waals surface area contributed by atoms with Crippen LogP contribution in [0.4, 0.5) is 0 Å². The normalized spacial score (nSPS) is 11.4. The fraction of sp³-hybridized carbons (Fsp3) is 0.739. The van der Waals surface area contributed by atoms with Crippen LogP contribution < -0.4 is 4.74 Å². The van der Waals surface area contributed by atoms with Gasteiger partial charge in [-0.1, -0.05) is 90.4 Å². The minimum absolute atomic E-state index is 0.665. The van der Waals surface area contributed by atoms with Crippen molar-refractivity contribution in [3.05, 3.63) is 13.3 Å². The van der Waals surface area contributed by atoms with Gasteiger partial charge in [-0.05, 0) is 45.2 Å². The molecule has 2 heterocycles. The average Bonchev–Trinajstić information content (AvgIpc) is 2.97. The van der Waals surface area contributed by atoms with Gasteiger partial charge in [0.1, 0.15) is 16.7 Å². The third-order valence-corrected chi connectivity index (χ3v) is 7.78. The summed E-state index contributed by atoms with van der Waals surface area (Å²) in [5.74, 6) is 0.665. The summed E-state index contributed by atoms with van der Waals surface area (Å²) in [4.78, 5) is 9.28. The summed E-state index contributed by atoms with van der Waals surface area (Å²) in [5.41, 5.74) is 2.64. The Morgan fingerprint density at radius 2 is 1.14 bits per heavy atom. The molecule has 0 radical (unpaired) electrons. The van der Waals surface area contributed by atoms with Crippen molar-refractivity contribution in [2.24, 2.45) is 0 Å². The number of unbranched alkanes of at least 4 members (excludes halogenated alkanes) is 13. The molecule has 0 aromatic carbocycles. The van der Waals surface area contributed by atoms with Gasteiger partial charge in [0.15, 0.2) is 0 Å². The van der Waals surface area contributed by atoms with Crippen LogP contribution in [0.3, 0.4) is 0 Å². The molecule has 0 aliphatic rings. The second-order valence-electron chi connectivity index (χ2n) is 7.91. The Kier molecular flexibility index (Phi) is 12.7. The predicted octanol–water partition coefficient (Wildman–Crippen LogP) is 9.38. The van der Waals surface area contributed by atoms with Crippen molar-refractivity contribution in [1.29, 1.82) is 0 Å². The van der Waals surface area contributed by atoms with Crippen molar-refractivity contribution in [3.8, 4) is 5.88 Å². The van der Waals surface area contributed by atoms with E-state index >= 15 is 0 Å². The van der Waals surface area contributed by atoms with Gasteiger partial charge in [-0.3, -0.25) is 0 Å². The molecule has 6 heteroatoms. The molecule has 0 saturated heterocycles. The monoisotopic (exact) mass is 546 g/mol. The van der Waals surface area contributed by atoms with Crippen molar-refractivity contribution < 1.29 is 4.74 Å². The van der Waals surface area contributed by atoms with Crippen molar-refractivity contribution in [2.75, 3.05) is 6.61 Å². The molecular formula is C23H36Br2N2OS. The van der Waals surface area contributed by atoms with Gasteiger partial charge in [-0.25, -0.2) is 9.97 Å². The second-order valence-corrected chi connectivity index (χ2v) is 11.6. The zero-order valence-corrected chi connectivity index (χ0v) is 22.1. The lowest BCUT2D eigenvalue weighted by Crippen LogP contribution is -2.02. The highest BCUT2D eigenvalue weighted by molar-refractivity contribution is 9.12.